The normalized spacial score (nSPS) is 10.8. The molecule has 0 saturated heterocycles. The standard InChI is InChI=1S/C12H14N2OS/c13-12(16)10-3-2-9-4-6-14(5-1-7-15)11(9)8-10/h2-4,6,8,15H,1,5,7H2,(H2,13,16). The van der Waals surface area contributed by atoms with Crippen molar-refractivity contribution in [1.82, 2.24) is 4.57 Å². The molecule has 0 spiro atoms. The first-order valence-corrected chi connectivity index (χ1v) is 5.63. The Morgan fingerprint density at radius 2 is 2.19 bits per heavy atom. The van der Waals surface area contributed by atoms with Crippen LogP contribution in [0.15, 0.2) is 30.5 Å². The minimum absolute atomic E-state index is 0.203. The Hall–Kier alpha value is -1.39. The van der Waals surface area contributed by atoms with E-state index in [4.69, 9.17) is 23.1 Å². The average molecular weight is 234 g/mol. The summed E-state index contributed by atoms with van der Waals surface area (Å²) in [6.07, 6.45) is 2.77. The van der Waals surface area contributed by atoms with Crippen LogP contribution in [0, 0.1) is 0 Å². The van der Waals surface area contributed by atoms with Gasteiger partial charge in [-0.15, -0.1) is 0 Å². The van der Waals surface area contributed by atoms with Gasteiger partial charge in [-0.05, 0) is 23.9 Å². The topological polar surface area (TPSA) is 51.2 Å². The van der Waals surface area contributed by atoms with E-state index in [9.17, 15) is 0 Å². The molecule has 0 fully saturated rings. The van der Waals surface area contributed by atoms with E-state index in [-0.39, 0.29) is 6.61 Å². The lowest BCUT2D eigenvalue weighted by Crippen LogP contribution is -2.09. The first-order valence-electron chi connectivity index (χ1n) is 5.22. The Morgan fingerprint density at radius 1 is 1.38 bits per heavy atom. The van der Waals surface area contributed by atoms with Gasteiger partial charge < -0.3 is 15.4 Å². The van der Waals surface area contributed by atoms with Gasteiger partial charge in [0, 0.05) is 30.4 Å². The van der Waals surface area contributed by atoms with Gasteiger partial charge in [0.15, 0.2) is 0 Å². The first kappa shape index (κ1) is 11.1. The minimum Gasteiger partial charge on any atom is -0.396 e. The Kier molecular flexibility index (Phi) is 3.22. The fourth-order valence-electron chi connectivity index (χ4n) is 1.77. The number of hydrogen-bond donors (Lipinski definition) is 2. The second kappa shape index (κ2) is 4.63. The number of aliphatic hydroxyl groups is 1. The summed E-state index contributed by atoms with van der Waals surface area (Å²) in [4.78, 5) is 0.414. The zero-order valence-corrected chi connectivity index (χ0v) is 9.70. The fraction of sp³-hybridized carbons (Fsp3) is 0.250. The Bertz CT molecular complexity index is 519. The Morgan fingerprint density at radius 3 is 2.88 bits per heavy atom. The van der Waals surface area contributed by atoms with Crippen molar-refractivity contribution in [2.24, 2.45) is 5.73 Å². The second-order valence-corrected chi connectivity index (χ2v) is 4.16. The molecule has 16 heavy (non-hydrogen) atoms. The maximum Gasteiger partial charge on any atom is 0.104 e. The predicted molar refractivity (Wildman–Crippen MR) is 69.5 cm³/mol. The van der Waals surface area contributed by atoms with Crippen molar-refractivity contribution in [3.8, 4) is 0 Å². The number of rotatable bonds is 4. The predicted octanol–water partition coefficient (Wildman–Crippen LogP) is 1.66. The molecule has 0 bridgehead atoms. The van der Waals surface area contributed by atoms with Crippen molar-refractivity contribution in [1.29, 1.82) is 0 Å². The zero-order valence-electron chi connectivity index (χ0n) is 8.89. The molecule has 4 heteroatoms. The summed E-state index contributed by atoms with van der Waals surface area (Å²) >= 11 is 4.96. The second-order valence-electron chi connectivity index (χ2n) is 3.72. The van der Waals surface area contributed by atoms with Gasteiger partial charge in [0.1, 0.15) is 4.99 Å². The number of hydrogen-bond acceptors (Lipinski definition) is 2. The number of thiocarbonyl (C=S) groups is 1. The largest absolute Gasteiger partial charge is 0.396 e. The van der Waals surface area contributed by atoms with Crippen LogP contribution >= 0.6 is 12.2 Å². The van der Waals surface area contributed by atoms with Crippen LogP contribution in [0.2, 0.25) is 0 Å². The molecule has 0 aliphatic heterocycles. The highest BCUT2D eigenvalue weighted by molar-refractivity contribution is 7.80. The van der Waals surface area contributed by atoms with Crippen molar-refractivity contribution in [2.45, 2.75) is 13.0 Å². The van der Waals surface area contributed by atoms with Crippen LogP contribution in [0.25, 0.3) is 10.9 Å². The lowest BCUT2D eigenvalue weighted by atomic mass is 10.1. The lowest BCUT2D eigenvalue weighted by Gasteiger charge is -2.05. The molecule has 0 aliphatic rings. The highest BCUT2D eigenvalue weighted by Gasteiger charge is 2.03. The summed E-state index contributed by atoms with van der Waals surface area (Å²) < 4.78 is 2.10. The highest BCUT2D eigenvalue weighted by Crippen LogP contribution is 2.18. The molecule has 84 valence electrons. The van der Waals surface area contributed by atoms with Crippen LogP contribution in [0.1, 0.15) is 12.0 Å². The summed E-state index contributed by atoms with van der Waals surface area (Å²) in [5.74, 6) is 0. The van der Waals surface area contributed by atoms with Gasteiger partial charge in [0.25, 0.3) is 0 Å². The molecule has 0 saturated carbocycles. The molecule has 2 aromatic rings. The van der Waals surface area contributed by atoms with Crippen LogP contribution in [0.5, 0.6) is 0 Å². The number of nitrogens with zero attached hydrogens (tertiary/aromatic N) is 1. The molecule has 2 rings (SSSR count). The number of aromatic nitrogens is 1. The maximum absolute atomic E-state index is 8.83. The number of benzene rings is 1. The van der Waals surface area contributed by atoms with Crippen molar-refractivity contribution in [2.75, 3.05) is 6.61 Å². The van der Waals surface area contributed by atoms with E-state index in [0.717, 1.165) is 29.4 Å². The third-order valence-corrected chi connectivity index (χ3v) is 2.85. The molecule has 1 aromatic heterocycles. The van der Waals surface area contributed by atoms with Gasteiger partial charge in [-0.2, -0.15) is 0 Å². The molecule has 3 N–H and O–H groups in total. The molecule has 0 amide bonds. The first-order chi connectivity index (χ1) is 7.72. The smallest absolute Gasteiger partial charge is 0.104 e. The average Bonchev–Trinajstić information content (AvgIpc) is 2.68. The molecular weight excluding hydrogens is 220 g/mol. The number of fused-ring (bicyclic) bond motifs is 1. The van der Waals surface area contributed by atoms with Gasteiger partial charge in [-0.25, -0.2) is 0 Å². The summed E-state index contributed by atoms with van der Waals surface area (Å²) in [5.41, 5.74) is 7.60. The zero-order chi connectivity index (χ0) is 11.5. The molecule has 1 heterocycles. The molecular formula is C12H14N2OS. The van der Waals surface area contributed by atoms with Crippen LogP contribution in [-0.4, -0.2) is 21.3 Å². The summed E-state index contributed by atoms with van der Waals surface area (Å²) in [7, 11) is 0. The third-order valence-electron chi connectivity index (χ3n) is 2.62. The van der Waals surface area contributed by atoms with Crippen LogP contribution in [0.3, 0.4) is 0 Å². The lowest BCUT2D eigenvalue weighted by molar-refractivity contribution is 0.280. The maximum atomic E-state index is 8.83. The Labute approximate surface area is 99.5 Å². The van der Waals surface area contributed by atoms with Crippen molar-refractivity contribution in [3.63, 3.8) is 0 Å². The number of aryl methyl sites for hydroxylation is 1. The quantitative estimate of drug-likeness (QED) is 0.791. The molecule has 3 nitrogen and oxygen atoms in total. The third kappa shape index (κ3) is 2.08. The van der Waals surface area contributed by atoms with E-state index in [0.29, 0.717) is 4.99 Å². The molecule has 0 unspecified atom stereocenters. The van der Waals surface area contributed by atoms with Gasteiger partial charge in [0.05, 0.1) is 0 Å². The van der Waals surface area contributed by atoms with Crippen LogP contribution in [0.4, 0.5) is 0 Å². The minimum atomic E-state index is 0.203. The van der Waals surface area contributed by atoms with E-state index in [1.165, 1.54) is 0 Å². The van der Waals surface area contributed by atoms with E-state index in [1.54, 1.807) is 0 Å². The van der Waals surface area contributed by atoms with E-state index in [2.05, 4.69) is 10.6 Å². The van der Waals surface area contributed by atoms with Crippen LogP contribution in [-0.2, 0) is 6.54 Å². The molecule has 0 atom stereocenters. The molecule has 0 radical (unpaired) electrons. The van der Waals surface area contributed by atoms with Gasteiger partial charge in [-0.1, -0.05) is 24.4 Å². The molecule has 0 aliphatic carbocycles. The Balaban J connectivity index is 2.43. The fourth-order valence-corrected chi connectivity index (χ4v) is 1.90. The molecule has 1 aromatic carbocycles. The van der Waals surface area contributed by atoms with Crippen molar-refractivity contribution in [3.05, 3.63) is 36.0 Å². The summed E-state index contributed by atoms with van der Waals surface area (Å²) in [6.45, 7) is 1.01. The van der Waals surface area contributed by atoms with Crippen molar-refractivity contribution >= 4 is 28.1 Å². The summed E-state index contributed by atoms with van der Waals surface area (Å²) in [6, 6.07) is 7.99. The van der Waals surface area contributed by atoms with E-state index >= 15 is 0 Å². The van der Waals surface area contributed by atoms with Gasteiger partial charge >= 0.3 is 0 Å². The van der Waals surface area contributed by atoms with Gasteiger partial charge in [-0.3, -0.25) is 0 Å². The number of nitrogens with two attached hydrogens (primary N) is 1. The highest BCUT2D eigenvalue weighted by atomic mass is 32.1. The van der Waals surface area contributed by atoms with E-state index < -0.39 is 0 Å². The van der Waals surface area contributed by atoms with Crippen molar-refractivity contribution < 1.29 is 5.11 Å². The monoisotopic (exact) mass is 234 g/mol. The van der Waals surface area contributed by atoms with Gasteiger partial charge in [0.2, 0.25) is 0 Å². The van der Waals surface area contributed by atoms with E-state index in [1.807, 2.05) is 24.4 Å². The number of aliphatic hydroxyl groups excluding tert-OH is 1. The van der Waals surface area contributed by atoms with Crippen LogP contribution < -0.4 is 5.73 Å². The summed E-state index contributed by atoms with van der Waals surface area (Å²) in [5, 5.41) is 9.99. The SMILES string of the molecule is NC(=S)c1ccc2ccn(CCCO)c2c1.